The summed E-state index contributed by atoms with van der Waals surface area (Å²) in [4.78, 5) is 4.20. The summed E-state index contributed by atoms with van der Waals surface area (Å²) in [7, 11) is 0. The molecule has 2 aromatic rings. The minimum atomic E-state index is 0.680. The predicted octanol–water partition coefficient (Wildman–Crippen LogP) is 2.45. The number of benzene rings is 1. The maximum absolute atomic E-state index is 5.56. The monoisotopic (exact) mass is 248 g/mol. The molecule has 4 heteroatoms. The number of hydrogen-bond donors (Lipinski definition) is 1. The molecule has 0 saturated heterocycles. The van der Waals surface area contributed by atoms with Gasteiger partial charge in [-0.1, -0.05) is 30.3 Å². The Morgan fingerprint density at radius 2 is 2.12 bits per heavy atom. The van der Waals surface area contributed by atoms with Crippen molar-refractivity contribution < 1.29 is 4.74 Å². The van der Waals surface area contributed by atoms with Crippen LogP contribution in [0.5, 0.6) is 0 Å². The SMILES string of the molecule is c1ccc(COCCNCc2nccs2)cc1. The molecule has 1 aromatic heterocycles. The molecule has 90 valence electrons. The van der Waals surface area contributed by atoms with Gasteiger partial charge in [-0.2, -0.15) is 0 Å². The van der Waals surface area contributed by atoms with E-state index in [1.165, 1.54) is 5.56 Å². The number of thiazole rings is 1. The fourth-order valence-electron chi connectivity index (χ4n) is 1.44. The summed E-state index contributed by atoms with van der Waals surface area (Å²) in [6.07, 6.45) is 1.83. The van der Waals surface area contributed by atoms with Gasteiger partial charge in [-0.3, -0.25) is 0 Å². The normalized spacial score (nSPS) is 10.6. The van der Waals surface area contributed by atoms with E-state index in [2.05, 4.69) is 22.4 Å². The van der Waals surface area contributed by atoms with Crippen LogP contribution in [0.3, 0.4) is 0 Å². The third kappa shape index (κ3) is 4.65. The van der Waals surface area contributed by atoms with Gasteiger partial charge in [0.1, 0.15) is 5.01 Å². The van der Waals surface area contributed by atoms with Crippen LogP contribution >= 0.6 is 11.3 Å². The zero-order valence-electron chi connectivity index (χ0n) is 9.63. The molecule has 0 radical (unpaired) electrons. The van der Waals surface area contributed by atoms with E-state index >= 15 is 0 Å². The highest BCUT2D eigenvalue weighted by atomic mass is 32.1. The van der Waals surface area contributed by atoms with Crippen LogP contribution in [0.2, 0.25) is 0 Å². The van der Waals surface area contributed by atoms with E-state index in [1.807, 2.05) is 29.8 Å². The summed E-state index contributed by atoms with van der Waals surface area (Å²) in [5.74, 6) is 0. The average Bonchev–Trinajstić information content (AvgIpc) is 2.88. The van der Waals surface area contributed by atoms with E-state index in [1.54, 1.807) is 11.3 Å². The zero-order valence-corrected chi connectivity index (χ0v) is 10.5. The van der Waals surface area contributed by atoms with Gasteiger partial charge in [0.15, 0.2) is 0 Å². The second kappa shape index (κ2) is 7.17. The molecule has 0 aliphatic rings. The lowest BCUT2D eigenvalue weighted by molar-refractivity contribution is 0.122. The molecule has 0 unspecified atom stereocenters. The summed E-state index contributed by atoms with van der Waals surface area (Å²) in [6.45, 7) is 3.08. The van der Waals surface area contributed by atoms with Crippen molar-refractivity contribution in [3.05, 3.63) is 52.5 Å². The van der Waals surface area contributed by atoms with Crippen LogP contribution in [0.1, 0.15) is 10.6 Å². The Bertz CT molecular complexity index is 403. The molecule has 0 aliphatic heterocycles. The Labute approximate surface area is 105 Å². The summed E-state index contributed by atoms with van der Waals surface area (Å²) in [5, 5.41) is 6.40. The lowest BCUT2D eigenvalue weighted by Crippen LogP contribution is -2.19. The number of ether oxygens (including phenoxy) is 1. The fraction of sp³-hybridized carbons (Fsp3) is 0.308. The summed E-state index contributed by atoms with van der Waals surface area (Å²) in [5.41, 5.74) is 1.22. The molecule has 0 bridgehead atoms. The maximum atomic E-state index is 5.56. The van der Waals surface area contributed by atoms with Crippen LogP contribution in [-0.2, 0) is 17.9 Å². The number of hydrogen-bond acceptors (Lipinski definition) is 4. The third-order valence-corrected chi connectivity index (χ3v) is 3.07. The van der Waals surface area contributed by atoms with Gasteiger partial charge in [-0.25, -0.2) is 4.98 Å². The van der Waals surface area contributed by atoms with Crippen molar-refractivity contribution in [1.82, 2.24) is 10.3 Å². The first-order valence-corrected chi connectivity index (χ1v) is 6.54. The Morgan fingerprint density at radius 3 is 2.88 bits per heavy atom. The molecule has 0 atom stereocenters. The molecule has 3 nitrogen and oxygen atoms in total. The molecule has 1 N–H and O–H groups in total. The molecule has 0 saturated carbocycles. The Kier molecular flexibility index (Phi) is 5.16. The van der Waals surface area contributed by atoms with Crippen LogP contribution in [0, 0.1) is 0 Å². The van der Waals surface area contributed by atoms with Crippen molar-refractivity contribution in [2.75, 3.05) is 13.2 Å². The topological polar surface area (TPSA) is 34.1 Å². The highest BCUT2D eigenvalue weighted by molar-refractivity contribution is 7.09. The van der Waals surface area contributed by atoms with E-state index in [4.69, 9.17) is 4.74 Å². The molecule has 0 aliphatic carbocycles. The molecule has 0 spiro atoms. The van der Waals surface area contributed by atoms with Gasteiger partial charge in [0.05, 0.1) is 13.2 Å². The second-order valence-corrected chi connectivity index (χ2v) is 4.62. The number of nitrogens with zero attached hydrogens (tertiary/aromatic N) is 1. The highest BCUT2D eigenvalue weighted by Crippen LogP contribution is 2.02. The minimum absolute atomic E-state index is 0.680. The predicted molar refractivity (Wildman–Crippen MR) is 69.9 cm³/mol. The smallest absolute Gasteiger partial charge is 0.106 e. The van der Waals surface area contributed by atoms with Gasteiger partial charge in [0.2, 0.25) is 0 Å². The second-order valence-electron chi connectivity index (χ2n) is 3.64. The maximum Gasteiger partial charge on any atom is 0.106 e. The number of aromatic nitrogens is 1. The van der Waals surface area contributed by atoms with E-state index in [0.717, 1.165) is 24.7 Å². The Balaban J connectivity index is 1.52. The summed E-state index contributed by atoms with van der Waals surface area (Å²) >= 11 is 1.67. The van der Waals surface area contributed by atoms with Gasteiger partial charge in [-0.15, -0.1) is 11.3 Å². The third-order valence-electron chi connectivity index (χ3n) is 2.29. The first-order chi connectivity index (χ1) is 8.45. The van der Waals surface area contributed by atoms with Gasteiger partial charge in [0, 0.05) is 24.7 Å². The number of rotatable bonds is 7. The molecule has 1 aromatic carbocycles. The van der Waals surface area contributed by atoms with Crippen LogP contribution in [0.15, 0.2) is 41.9 Å². The Morgan fingerprint density at radius 1 is 1.24 bits per heavy atom. The highest BCUT2D eigenvalue weighted by Gasteiger charge is 1.95. The molecular formula is C13H16N2OS. The van der Waals surface area contributed by atoms with Gasteiger partial charge < -0.3 is 10.1 Å². The van der Waals surface area contributed by atoms with Crippen molar-refractivity contribution in [1.29, 1.82) is 0 Å². The van der Waals surface area contributed by atoms with E-state index in [9.17, 15) is 0 Å². The van der Waals surface area contributed by atoms with Crippen molar-refractivity contribution in [3.63, 3.8) is 0 Å². The van der Waals surface area contributed by atoms with Crippen LogP contribution in [-0.4, -0.2) is 18.1 Å². The largest absolute Gasteiger partial charge is 0.375 e. The van der Waals surface area contributed by atoms with Gasteiger partial charge in [0.25, 0.3) is 0 Å². The molecular weight excluding hydrogens is 232 g/mol. The van der Waals surface area contributed by atoms with E-state index in [0.29, 0.717) is 6.61 Å². The summed E-state index contributed by atoms with van der Waals surface area (Å²) in [6, 6.07) is 10.2. The van der Waals surface area contributed by atoms with Crippen molar-refractivity contribution in [3.8, 4) is 0 Å². The van der Waals surface area contributed by atoms with Gasteiger partial charge in [-0.05, 0) is 5.56 Å². The quantitative estimate of drug-likeness (QED) is 0.764. The number of nitrogens with one attached hydrogen (secondary N) is 1. The fourth-order valence-corrected chi connectivity index (χ4v) is 2.03. The summed E-state index contributed by atoms with van der Waals surface area (Å²) < 4.78 is 5.56. The van der Waals surface area contributed by atoms with Crippen LogP contribution < -0.4 is 5.32 Å². The van der Waals surface area contributed by atoms with Crippen LogP contribution in [0.4, 0.5) is 0 Å². The van der Waals surface area contributed by atoms with Crippen molar-refractivity contribution in [2.24, 2.45) is 0 Å². The first kappa shape index (κ1) is 12.2. The zero-order chi connectivity index (χ0) is 11.8. The first-order valence-electron chi connectivity index (χ1n) is 5.66. The molecule has 17 heavy (non-hydrogen) atoms. The van der Waals surface area contributed by atoms with E-state index < -0.39 is 0 Å². The lowest BCUT2D eigenvalue weighted by atomic mass is 10.2. The Hall–Kier alpha value is -1.23. The van der Waals surface area contributed by atoms with Crippen molar-refractivity contribution >= 4 is 11.3 Å². The van der Waals surface area contributed by atoms with Crippen LogP contribution in [0.25, 0.3) is 0 Å². The van der Waals surface area contributed by atoms with E-state index in [-0.39, 0.29) is 0 Å². The lowest BCUT2D eigenvalue weighted by Gasteiger charge is -2.05. The minimum Gasteiger partial charge on any atom is -0.375 e. The molecule has 2 rings (SSSR count). The standard InChI is InChI=1S/C13H16N2OS/c1-2-4-12(5-3-1)11-16-8-6-14-10-13-15-7-9-17-13/h1-5,7,9,14H,6,8,10-11H2. The molecule has 0 amide bonds. The average molecular weight is 248 g/mol. The van der Waals surface area contributed by atoms with Gasteiger partial charge >= 0.3 is 0 Å². The molecule has 1 heterocycles. The molecule has 0 fully saturated rings. The van der Waals surface area contributed by atoms with Crippen molar-refractivity contribution in [2.45, 2.75) is 13.2 Å².